The summed E-state index contributed by atoms with van der Waals surface area (Å²) in [5.41, 5.74) is 5.33. The van der Waals surface area contributed by atoms with Gasteiger partial charge in [0.25, 0.3) is 0 Å². The normalized spacial score (nSPS) is 12.4. The smallest absolute Gasteiger partial charge is 0.306 e. The van der Waals surface area contributed by atoms with Gasteiger partial charge >= 0.3 is 5.97 Å². The molecule has 1 atom stereocenters. The average molecular weight is 229 g/mol. The molecule has 88 valence electrons. The van der Waals surface area contributed by atoms with E-state index in [-0.39, 0.29) is 24.9 Å². The summed E-state index contributed by atoms with van der Waals surface area (Å²) in [6.45, 7) is 0.202. The molecular formula is C11H13F2NO2. The van der Waals surface area contributed by atoms with Gasteiger partial charge in [-0.1, -0.05) is 0 Å². The summed E-state index contributed by atoms with van der Waals surface area (Å²) in [6.07, 6.45) is 0.196. The van der Waals surface area contributed by atoms with Crippen molar-refractivity contribution in [3.63, 3.8) is 0 Å². The molecule has 0 amide bonds. The van der Waals surface area contributed by atoms with Crippen molar-refractivity contribution in [2.45, 2.75) is 12.8 Å². The molecule has 0 saturated carbocycles. The average Bonchev–Trinajstić information content (AvgIpc) is 2.22. The monoisotopic (exact) mass is 229 g/mol. The van der Waals surface area contributed by atoms with E-state index in [4.69, 9.17) is 10.8 Å². The Morgan fingerprint density at radius 1 is 1.44 bits per heavy atom. The maximum absolute atomic E-state index is 13.2. The predicted molar refractivity (Wildman–Crippen MR) is 54.9 cm³/mol. The molecule has 0 saturated heterocycles. The summed E-state index contributed by atoms with van der Waals surface area (Å²) in [4.78, 5) is 10.8. The van der Waals surface area contributed by atoms with E-state index in [1.165, 1.54) is 0 Å². The second-order valence-corrected chi connectivity index (χ2v) is 3.55. The molecule has 3 nitrogen and oxygen atoms in total. The van der Waals surface area contributed by atoms with Crippen molar-refractivity contribution in [2.24, 2.45) is 11.7 Å². The van der Waals surface area contributed by atoms with Crippen LogP contribution in [0.5, 0.6) is 0 Å². The molecule has 5 heteroatoms. The van der Waals surface area contributed by atoms with Crippen molar-refractivity contribution < 1.29 is 18.7 Å². The SMILES string of the molecule is NCCC(Cc1cc(F)ccc1F)C(=O)O. The minimum absolute atomic E-state index is 0.0455. The van der Waals surface area contributed by atoms with Crippen LogP contribution in [0.25, 0.3) is 0 Å². The fourth-order valence-electron chi connectivity index (χ4n) is 1.48. The highest BCUT2D eigenvalue weighted by atomic mass is 19.1. The fraction of sp³-hybridized carbons (Fsp3) is 0.364. The maximum Gasteiger partial charge on any atom is 0.306 e. The van der Waals surface area contributed by atoms with E-state index < -0.39 is 23.5 Å². The van der Waals surface area contributed by atoms with E-state index in [1.807, 2.05) is 0 Å². The van der Waals surface area contributed by atoms with Crippen molar-refractivity contribution in [3.8, 4) is 0 Å². The highest BCUT2D eigenvalue weighted by molar-refractivity contribution is 5.70. The Morgan fingerprint density at radius 3 is 2.69 bits per heavy atom. The lowest BCUT2D eigenvalue weighted by Gasteiger charge is -2.11. The number of aliphatic carboxylic acids is 1. The second kappa shape index (κ2) is 5.55. The van der Waals surface area contributed by atoms with Crippen LogP contribution in [0.15, 0.2) is 18.2 Å². The van der Waals surface area contributed by atoms with Gasteiger partial charge in [0.05, 0.1) is 5.92 Å². The quantitative estimate of drug-likeness (QED) is 0.805. The Balaban J connectivity index is 2.84. The van der Waals surface area contributed by atoms with Crippen molar-refractivity contribution >= 4 is 5.97 Å². The molecule has 0 aromatic heterocycles. The van der Waals surface area contributed by atoms with Gasteiger partial charge in [-0.15, -0.1) is 0 Å². The number of carboxylic acid groups (broad SMARTS) is 1. The summed E-state index contributed by atoms with van der Waals surface area (Å²) in [7, 11) is 0. The first-order valence-electron chi connectivity index (χ1n) is 4.91. The molecule has 1 unspecified atom stereocenters. The topological polar surface area (TPSA) is 63.3 Å². The zero-order chi connectivity index (χ0) is 12.1. The number of hydrogen-bond donors (Lipinski definition) is 2. The highest BCUT2D eigenvalue weighted by Crippen LogP contribution is 2.16. The molecule has 0 aliphatic heterocycles. The maximum atomic E-state index is 13.2. The third kappa shape index (κ3) is 3.27. The van der Waals surface area contributed by atoms with Gasteiger partial charge in [-0.3, -0.25) is 4.79 Å². The Morgan fingerprint density at radius 2 is 2.12 bits per heavy atom. The Labute approximate surface area is 91.9 Å². The van der Waals surface area contributed by atoms with E-state index in [1.54, 1.807) is 0 Å². The third-order valence-electron chi connectivity index (χ3n) is 2.34. The lowest BCUT2D eigenvalue weighted by atomic mass is 9.96. The zero-order valence-corrected chi connectivity index (χ0v) is 8.62. The van der Waals surface area contributed by atoms with Crippen molar-refractivity contribution in [1.82, 2.24) is 0 Å². The molecule has 1 aromatic carbocycles. The van der Waals surface area contributed by atoms with Gasteiger partial charge < -0.3 is 10.8 Å². The number of halogens is 2. The second-order valence-electron chi connectivity index (χ2n) is 3.55. The number of hydrogen-bond acceptors (Lipinski definition) is 2. The van der Waals surface area contributed by atoms with Crippen molar-refractivity contribution in [2.75, 3.05) is 6.54 Å². The van der Waals surface area contributed by atoms with Crippen LogP contribution in [0.3, 0.4) is 0 Å². The Bertz CT molecular complexity index is 382. The van der Waals surface area contributed by atoms with Gasteiger partial charge in [-0.2, -0.15) is 0 Å². The van der Waals surface area contributed by atoms with Crippen LogP contribution in [0.2, 0.25) is 0 Å². The molecule has 0 heterocycles. The fourth-order valence-corrected chi connectivity index (χ4v) is 1.48. The van der Waals surface area contributed by atoms with Crippen LogP contribution < -0.4 is 5.73 Å². The molecule has 0 aliphatic carbocycles. The van der Waals surface area contributed by atoms with Gasteiger partial charge in [0.15, 0.2) is 0 Å². The van der Waals surface area contributed by atoms with Crippen LogP contribution >= 0.6 is 0 Å². The van der Waals surface area contributed by atoms with Crippen molar-refractivity contribution in [3.05, 3.63) is 35.4 Å². The number of benzene rings is 1. The van der Waals surface area contributed by atoms with E-state index in [0.29, 0.717) is 0 Å². The van der Waals surface area contributed by atoms with Crippen LogP contribution in [0, 0.1) is 17.6 Å². The van der Waals surface area contributed by atoms with E-state index in [2.05, 4.69) is 0 Å². The summed E-state index contributed by atoms with van der Waals surface area (Å²) < 4.78 is 26.1. The summed E-state index contributed by atoms with van der Waals surface area (Å²) >= 11 is 0. The van der Waals surface area contributed by atoms with E-state index in [9.17, 15) is 13.6 Å². The Kier molecular flexibility index (Phi) is 4.37. The largest absolute Gasteiger partial charge is 0.481 e. The number of carboxylic acids is 1. The lowest BCUT2D eigenvalue weighted by molar-refractivity contribution is -0.141. The van der Waals surface area contributed by atoms with Crippen LogP contribution in [0.1, 0.15) is 12.0 Å². The molecule has 16 heavy (non-hydrogen) atoms. The molecule has 0 radical (unpaired) electrons. The van der Waals surface area contributed by atoms with E-state index >= 15 is 0 Å². The van der Waals surface area contributed by atoms with Crippen LogP contribution in [-0.2, 0) is 11.2 Å². The van der Waals surface area contributed by atoms with Crippen molar-refractivity contribution in [1.29, 1.82) is 0 Å². The summed E-state index contributed by atoms with van der Waals surface area (Å²) in [5.74, 6) is -2.99. The first-order valence-corrected chi connectivity index (χ1v) is 4.91. The Hall–Kier alpha value is -1.49. The third-order valence-corrected chi connectivity index (χ3v) is 2.34. The van der Waals surface area contributed by atoms with Gasteiger partial charge in [0.1, 0.15) is 11.6 Å². The van der Waals surface area contributed by atoms with Gasteiger partial charge in [-0.05, 0) is 43.1 Å². The highest BCUT2D eigenvalue weighted by Gasteiger charge is 2.19. The number of carbonyl (C=O) groups is 1. The first kappa shape index (κ1) is 12.6. The number of rotatable bonds is 5. The first-order chi connectivity index (χ1) is 7.54. The molecule has 1 aromatic rings. The van der Waals surface area contributed by atoms with Gasteiger partial charge in [-0.25, -0.2) is 8.78 Å². The lowest BCUT2D eigenvalue weighted by Crippen LogP contribution is -2.20. The molecule has 1 rings (SSSR count). The summed E-state index contributed by atoms with van der Waals surface area (Å²) in [6, 6.07) is 3.01. The molecular weight excluding hydrogens is 216 g/mol. The molecule has 0 spiro atoms. The standard InChI is InChI=1S/C11H13F2NO2/c12-9-1-2-10(13)8(6-9)5-7(3-4-14)11(15)16/h1-2,6-7H,3-5,14H2,(H,15,16). The van der Waals surface area contributed by atoms with Gasteiger partial charge in [0, 0.05) is 0 Å². The van der Waals surface area contributed by atoms with Crippen LogP contribution in [0.4, 0.5) is 8.78 Å². The zero-order valence-electron chi connectivity index (χ0n) is 8.62. The molecule has 3 N–H and O–H groups in total. The minimum Gasteiger partial charge on any atom is -0.481 e. The molecule has 0 aliphatic rings. The van der Waals surface area contributed by atoms with E-state index in [0.717, 1.165) is 18.2 Å². The molecule has 0 fully saturated rings. The minimum atomic E-state index is -1.05. The number of nitrogens with two attached hydrogens (primary N) is 1. The summed E-state index contributed by atoms with van der Waals surface area (Å²) in [5, 5.41) is 8.85. The van der Waals surface area contributed by atoms with Crippen LogP contribution in [-0.4, -0.2) is 17.6 Å². The van der Waals surface area contributed by atoms with Gasteiger partial charge in [0.2, 0.25) is 0 Å². The predicted octanol–water partition coefficient (Wildman–Crippen LogP) is 1.56. The molecule has 0 bridgehead atoms.